The lowest BCUT2D eigenvalue weighted by molar-refractivity contribution is -0.127. The van der Waals surface area contributed by atoms with Crippen molar-refractivity contribution >= 4 is 5.91 Å². The van der Waals surface area contributed by atoms with Crippen LogP contribution < -0.4 is 14.8 Å². The molecule has 2 aliphatic rings. The van der Waals surface area contributed by atoms with Gasteiger partial charge < -0.3 is 19.5 Å². The van der Waals surface area contributed by atoms with Gasteiger partial charge in [-0.05, 0) is 37.5 Å². The van der Waals surface area contributed by atoms with Crippen LogP contribution in [0.4, 0.5) is 0 Å². The van der Waals surface area contributed by atoms with Crippen LogP contribution in [0.25, 0.3) is 0 Å². The maximum Gasteiger partial charge on any atom is 0.234 e. The van der Waals surface area contributed by atoms with Crippen molar-refractivity contribution in [1.29, 1.82) is 0 Å². The fraction of sp³-hybridized carbons (Fsp3) is 0.650. The molecule has 0 saturated carbocycles. The Kier molecular flexibility index (Phi) is 6.04. The molecular formula is C20H30N2O4. The van der Waals surface area contributed by atoms with E-state index in [1.807, 2.05) is 32.0 Å². The Hall–Kier alpha value is -1.79. The van der Waals surface area contributed by atoms with E-state index < -0.39 is 0 Å². The fourth-order valence-electron chi connectivity index (χ4n) is 3.72. The highest BCUT2D eigenvalue weighted by Crippen LogP contribution is 2.34. The minimum absolute atomic E-state index is 0.0416. The largest absolute Gasteiger partial charge is 0.486 e. The van der Waals surface area contributed by atoms with E-state index in [-0.39, 0.29) is 30.1 Å². The zero-order chi connectivity index (χ0) is 18.7. The third-order valence-corrected chi connectivity index (χ3v) is 4.77. The molecule has 1 aromatic rings. The van der Waals surface area contributed by atoms with Crippen molar-refractivity contribution in [2.75, 3.05) is 32.8 Å². The highest BCUT2D eigenvalue weighted by molar-refractivity contribution is 5.78. The number of rotatable bonds is 5. The number of amides is 1. The van der Waals surface area contributed by atoms with Crippen LogP contribution in [0.5, 0.6) is 11.5 Å². The number of carbonyl (C=O) groups excluding carboxylic acids is 1. The Balaban J connectivity index is 1.65. The van der Waals surface area contributed by atoms with Crippen LogP contribution in [0.1, 0.15) is 39.3 Å². The number of hydrogen-bond donors (Lipinski definition) is 1. The summed E-state index contributed by atoms with van der Waals surface area (Å²) in [6.45, 7) is 11.4. The Morgan fingerprint density at radius 3 is 2.46 bits per heavy atom. The van der Waals surface area contributed by atoms with Gasteiger partial charge in [-0.25, -0.2) is 0 Å². The molecule has 1 fully saturated rings. The van der Waals surface area contributed by atoms with Crippen LogP contribution in [-0.2, 0) is 9.53 Å². The van der Waals surface area contributed by atoms with Crippen molar-refractivity contribution in [3.8, 4) is 11.5 Å². The van der Waals surface area contributed by atoms with Crippen LogP contribution in [0.2, 0.25) is 0 Å². The lowest BCUT2D eigenvalue weighted by Crippen LogP contribution is -2.49. The molecule has 0 bridgehead atoms. The number of morpholine rings is 1. The summed E-state index contributed by atoms with van der Waals surface area (Å²) in [5, 5.41) is 3.20. The predicted octanol–water partition coefficient (Wildman–Crippen LogP) is 2.38. The Labute approximate surface area is 155 Å². The second-order valence-electron chi connectivity index (χ2n) is 7.64. The highest BCUT2D eigenvalue weighted by Gasteiger charge is 2.26. The van der Waals surface area contributed by atoms with E-state index in [2.05, 4.69) is 24.1 Å². The maximum absolute atomic E-state index is 12.7. The Bertz CT molecular complexity index is 624. The normalized spacial score (nSPS) is 24.3. The van der Waals surface area contributed by atoms with Crippen molar-refractivity contribution < 1.29 is 19.0 Å². The number of nitrogens with one attached hydrogen (secondary N) is 1. The van der Waals surface area contributed by atoms with E-state index in [1.165, 1.54) is 0 Å². The smallest absolute Gasteiger partial charge is 0.234 e. The molecule has 144 valence electrons. The van der Waals surface area contributed by atoms with E-state index >= 15 is 0 Å². The van der Waals surface area contributed by atoms with E-state index in [4.69, 9.17) is 14.2 Å². The number of benzene rings is 1. The van der Waals surface area contributed by atoms with Crippen molar-refractivity contribution in [3.05, 3.63) is 23.8 Å². The minimum Gasteiger partial charge on any atom is -0.486 e. The van der Waals surface area contributed by atoms with Gasteiger partial charge in [0.15, 0.2) is 11.5 Å². The molecule has 0 spiro atoms. The molecule has 6 nitrogen and oxygen atoms in total. The molecule has 26 heavy (non-hydrogen) atoms. The topological polar surface area (TPSA) is 60.0 Å². The van der Waals surface area contributed by atoms with Gasteiger partial charge in [-0.2, -0.15) is 0 Å². The van der Waals surface area contributed by atoms with E-state index in [9.17, 15) is 4.79 Å². The van der Waals surface area contributed by atoms with Gasteiger partial charge in [-0.3, -0.25) is 9.69 Å². The van der Waals surface area contributed by atoms with Gasteiger partial charge in [0.1, 0.15) is 13.2 Å². The second kappa shape index (κ2) is 8.27. The van der Waals surface area contributed by atoms with Crippen LogP contribution >= 0.6 is 0 Å². The molecule has 3 rings (SSSR count). The van der Waals surface area contributed by atoms with Gasteiger partial charge in [-0.15, -0.1) is 0 Å². The molecule has 3 atom stereocenters. The molecule has 0 radical (unpaired) electrons. The average molecular weight is 362 g/mol. The van der Waals surface area contributed by atoms with Gasteiger partial charge in [-0.1, -0.05) is 19.9 Å². The molecule has 1 amide bonds. The number of nitrogens with zero attached hydrogens (tertiary/aromatic N) is 1. The van der Waals surface area contributed by atoms with Gasteiger partial charge >= 0.3 is 0 Å². The third kappa shape index (κ3) is 4.68. The van der Waals surface area contributed by atoms with Gasteiger partial charge in [0, 0.05) is 13.1 Å². The minimum atomic E-state index is -0.0609. The van der Waals surface area contributed by atoms with Crippen molar-refractivity contribution in [3.63, 3.8) is 0 Å². The molecule has 0 aliphatic carbocycles. The van der Waals surface area contributed by atoms with Gasteiger partial charge in [0.2, 0.25) is 5.91 Å². The van der Waals surface area contributed by atoms with Gasteiger partial charge in [0.05, 0.1) is 24.8 Å². The van der Waals surface area contributed by atoms with E-state index in [0.717, 1.165) is 30.2 Å². The fourth-order valence-corrected chi connectivity index (χ4v) is 3.72. The van der Waals surface area contributed by atoms with Crippen LogP contribution in [0.3, 0.4) is 0 Å². The molecule has 6 heteroatoms. The summed E-state index contributed by atoms with van der Waals surface area (Å²) in [6, 6.07) is 5.86. The molecule has 1 aromatic carbocycles. The maximum atomic E-state index is 12.7. The quantitative estimate of drug-likeness (QED) is 0.871. The zero-order valence-electron chi connectivity index (χ0n) is 16.2. The molecule has 2 heterocycles. The SMILES string of the molecule is CC(C)[C@@H](NC(=O)CN1C[C@@H](C)O[C@H](C)C1)c1ccc2c(c1)OCCO2. The number of ether oxygens (including phenoxy) is 3. The number of fused-ring (bicyclic) bond motifs is 1. The molecule has 0 aromatic heterocycles. The summed E-state index contributed by atoms with van der Waals surface area (Å²) in [7, 11) is 0. The summed E-state index contributed by atoms with van der Waals surface area (Å²) in [6.07, 6.45) is 0.315. The third-order valence-electron chi connectivity index (χ3n) is 4.77. The first-order chi connectivity index (χ1) is 12.4. The molecule has 0 unspecified atom stereocenters. The van der Waals surface area contributed by atoms with Crippen molar-refractivity contribution in [1.82, 2.24) is 10.2 Å². The summed E-state index contributed by atoms with van der Waals surface area (Å²) in [5.41, 5.74) is 1.04. The lowest BCUT2D eigenvalue weighted by Gasteiger charge is -2.35. The molecular weight excluding hydrogens is 332 g/mol. The van der Waals surface area contributed by atoms with Crippen molar-refractivity contribution in [2.24, 2.45) is 5.92 Å². The lowest BCUT2D eigenvalue weighted by atomic mass is 9.95. The van der Waals surface area contributed by atoms with Crippen LogP contribution in [-0.4, -0.2) is 55.9 Å². The second-order valence-corrected chi connectivity index (χ2v) is 7.64. The van der Waals surface area contributed by atoms with Crippen molar-refractivity contribution in [2.45, 2.75) is 45.9 Å². The van der Waals surface area contributed by atoms with Gasteiger partial charge in [0.25, 0.3) is 0 Å². The zero-order valence-corrected chi connectivity index (χ0v) is 16.2. The van der Waals surface area contributed by atoms with Crippen LogP contribution in [0.15, 0.2) is 18.2 Å². The summed E-state index contributed by atoms with van der Waals surface area (Å²) in [4.78, 5) is 14.8. The molecule has 1 saturated heterocycles. The van der Waals surface area contributed by atoms with Crippen LogP contribution in [0, 0.1) is 5.92 Å². The standard InChI is InChI=1S/C20H30N2O4/c1-13(2)20(16-5-6-17-18(9-16)25-8-7-24-17)21-19(23)12-22-10-14(3)26-15(4)11-22/h5-6,9,13-15,20H,7-8,10-12H2,1-4H3,(H,21,23)/t14-,15-,20-/m1/s1. The summed E-state index contributed by atoms with van der Waals surface area (Å²) in [5.74, 6) is 1.83. The predicted molar refractivity (Wildman–Crippen MR) is 99.6 cm³/mol. The molecule has 1 N–H and O–H groups in total. The highest BCUT2D eigenvalue weighted by atomic mass is 16.6. The Morgan fingerprint density at radius 2 is 1.81 bits per heavy atom. The van der Waals surface area contributed by atoms with E-state index in [0.29, 0.717) is 19.8 Å². The Morgan fingerprint density at radius 1 is 1.15 bits per heavy atom. The number of hydrogen-bond acceptors (Lipinski definition) is 5. The first kappa shape index (κ1) is 19.0. The monoisotopic (exact) mass is 362 g/mol. The molecule has 2 aliphatic heterocycles. The first-order valence-corrected chi connectivity index (χ1v) is 9.49. The number of carbonyl (C=O) groups is 1. The van der Waals surface area contributed by atoms with E-state index in [1.54, 1.807) is 0 Å². The first-order valence-electron chi connectivity index (χ1n) is 9.49. The summed E-state index contributed by atoms with van der Waals surface area (Å²) < 4.78 is 17.0. The summed E-state index contributed by atoms with van der Waals surface area (Å²) >= 11 is 0. The average Bonchev–Trinajstić information content (AvgIpc) is 2.58.